The molecule has 102 valence electrons. The van der Waals surface area contributed by atoms with E-state index < -0.39 is 0 Å². The monoisotopic (exact) mass is 248 g/mol. The van der Waals surface area contributed by atoms with Crippen molar-refractivity contribution in [1.82, 2.24) is 4.90 Å². The Kier molecular flexibility index (Phi) is 5.36. The van der Waals surface area contributed by atoms with Crippen LogP contribution in [-0.4, -0.2) is 24.5 Å². The van der Waals surface area contributed by atoms with Gasteiger partial charge in [0.05, 0.1) is 0 Å². The Morgan fingerprint density at radius 2 is 1.83 bits per heavy atom. The largest absolute Gasteiger partial charge is 0.330 e. The molecule has 1 rings (SSSR count). The molecule has 0 heterocycles. The summed E-state index contributed by atoms with van der Waals surface area (Å²) in [5, 5.41) is 0. The molecule has 1 aromatic rings. The van der Waals surface area contributed by atoms with Crippen molar-refractivity contribution in [1.29, 1.82) is 0 Å². The zero-order valence-electron chi connectivity index (χ0n) is 12.6. The van der Waals surface area contributed by atoms with Crippen LogP contribution in [0.1, 0.15) is 37.5 Å². The van der Waals surface area contributed by atoms with E-state index in [9.17, 15) is 0 Å². The van der Waals surface area contributed by atoms with Gasteiger partial charge in [-0.2, -0.15) is 0 Å². The molecule has 2 nitrogen and oxygen atoms in total. The van der Waals surface area contributed by atoms with Gasteiger partial charge in [-0.05, 0) is 49.0 Å². The van der Waals surface area contributed by atoms with Crippen LogP contribution in [-0.2, 0) is 6.54 Å². The van der Waals surface area contributed by atoms with Gasteiger partial charge in [0.1, 0.15) is 0 Å². The quantitative estimate of drug-likeness (QED) is 0.838. The van der Waals surface area contributed by atoms with Crippen LogP contribution in [0, 0.1) is 19.3 Å². The van der Waals surface area contributed by atoms with Gasteiger partial charge in [-0.15, -0.1) is 0 Å². The van der Waals surface area contributed by atoms with E-state index in [4.69, 9.17) is 5.73 Å². The van der Waals surface area contributed by atoms with E-state index in [2.05, 4.69) is 57.7 Å². The number of nitrogens with two attached hydrogens (primary N) is 1. The number of hydrogen-bond acceptors (Lipinski definition) is 2. The molecule has 0 saturated carbocycles. The molecule has 0 atom stereocenters. The molecular weight excluding hydrogens is 220 g/mol. The summed E-state index contributed by atoms with van der Waals surface area (Å²) in [4.78, 5) is 2.47. The molecule has 0 aromatic heterocycles. The maximum Gasteiger partial charge on any atom is 0.0233 e. The van der Waals surface area contributed by atoms with E-state index in [-0.39, 0.29) is 5.41 Å². The van der Waals surface area contributed by atoms with E-state index in [0.717, 1.165) is 26.2 Å². The maximum atomic E-state index is 5.82. The SMILES string of the molecule is CCN(Cc1ccc(C)c(C)c1)CC(C)(C)CN. The highest BCUT2D eigenvalue weighted by atomic mass is 15.1. The molecule has 0 aliphatic carbocycles. The Hall–Kier alpha value is -0.860. The van der Waals surface area contributed by atoms with Gasteiger partial charge in [-0.25, -0.2) is 0 Å². The number of hydrogen-bond donors (Lipinski definition) is 1. The number of rotatable bonds is 6. The lowest BCUT2D eigenvalue weighted by Gasteiger charge is -2.31. The van der Waals surface area contributed by atoms with Crippen LogP contribution < -0.4 is 5.73 Å². The Bertz CT molecular complexity index is 383. The summed E-state index contributed by atoms with van der Waals surface area (Å²) in [6, 6.07) is 6.75. The molecule has 0 fully saturated rings. The second kappa shape index (κ2) is 6.35. The maximum absolute atomic E-state index is 5.82. The van der Waals surface area contributed by atoms with Crippen LogP contribution in [0.3, 0.4) is 0 Å². The van der Waals surface area contributed by atoms with Gasteiger partial charge in [0.25, 0.3) is 0 Å². The van der Waals surface area contributed by atoms with Crippen molar-refractivity contribution in [2.75, 3.05) is 19.6 Å². The highest BCUT2D eigenvalue weighted by molar-refractivity contribution is 5.29. The van der Waals surface area contributed by atoms with Crippen molar-refractivity contribution in [2.45, 2.75) is 41.2 Å². The predicted molar refractivity (Wildman–Crippen MR) is 79.7 cm³/mol. The number of benzene rings is 1. The first-order valence-electron chi connectivity index (χ1n) is 6.86. The zero-order valence-corrected chi connectivity index (χ0v) is 12.6. The standard InChI is InChI=1S/C16H28N2/c1-6-18(12-16(4,5)11-17)10-15-8-7-13(2)14(3)9-15/h7-9H,6,10-12,17H2,1-5H3. The minimum atomic E-state index is 0.190. The fourth-order valence-electron chi connectivity index (χ4n) is 2.11. The van der Waals surface area contributed by atoms with Crippen LogP contribution in [0.15, 0.2) is 18.2 Å². The summed E-state index contributed by atoms with van der Waals surface area (Å²) in [5.41, 5.74) is 10.1. The molecule has 0 bridgehead atoms. The number of nitrogens with zero attached hydrogens (tertiary/aromatic N) is 1. The van der Waals surface area contributed by atoms with Crippen molar-refractivity contribution in [3.05, 3.63) is 34.9 Å². The van der Waals surface area contributed by atoms with Crippen molar-refractivity contribution in [2.24, 2.45) is 11.1 Å². The molecule has 0 radical (unpaired) electrons. The average molecular weight is 248 g/mol. The minimum Gasteiger partial charge on any atom is -0.330 e. The third kappa shape index (κ3) is 4.43. The van der Waals surface area contributed by atoms with Crippen molar-refractivity contribution < 1.29 is 0 Å². The lowest BCUT2D eigenvalue weighted by Crippen LogP contribution is -2.38. The topological polar surface area (TPSA) is 29.3 Å². The molecule has 0 aliphatic rings. The van der Waals surface area contributed by atoms with Crippen LogP contribution >= 0.6 is 0 Å². The van der Waals surface area contributed by atoms with Crippen LogP contribution in [0.5, 0.6) is 0 Å². The Morgan fingerprint density at radius 1 is 1.17 bits per heavy atom. The lowest BCUT2D eigenvalue weighted by atomic mass is 9.93. The van der Waals surface area contributed by atoms with E-state index >= 15 is 0 Å². The second-order valence-electron chi connectivity index (χ2n) is 6.09. The Morgan fingerprint density at radius 3 is 2.33 bits per heavy atom. The molecule has 0 unspecified atom stereocenters. The Balaban J connectivity index is 2.71. The molecule has 0 saturated heterocycles. The van der Waals surface area contributed by atoms with Crippen molar-refractivity contribution in [3.8, 4) is 0 Å². The summed E-state index contributed by atoms with van der Waals surface area (Å²) in [6.45, 7) is 14.9. The van der Waals surface area contributed by atoms with E-state index in [1.807, 2.05) is 0 Å². The van der Waals surface area contributed by atoms with Crippen LogP contribution in [0.2, 0.25) is 0 Å². The fraction of sp³-hybridized carbons (Fsp3) is 0.625. The highest BCUT2D eigenvalue weighted by Gasteiger charge is 2.19. The molecule has 0 amide bonds. The van der Waals surface area contributed by atoms with E-state index in [1.54, 1.807) is 0 Å². The smallest absolute Gasteiger partial charge is 0.0233 e. The van der Waals surface area contributed by atoms with Crippen molar-refractivity contribution in [3.63, 3.8) is 0 Å². The Labute approximate surface area is 112 Å². The average Bonchev–Trinajstić information content (AvgIpc) is 2.33. The van der Waals surface area contributed by atoms with Gasteiger partial charge in [-0.1, -0.05) is 39.0 Å². The molecule has 2 N–H and O–H groups in total. The van der Waals surface area contributed by atoms with Gasteiger partial charge >= 0.3 is 0 Å². The summed E-state index contributed by atoms with van der Waals surface area (Å²) < 4.78 is 0. The van der Waals surface area contributed by atoms with E-state index in [0.29, 0.717) is 0 Å². The summed E-state index contributed by atoms with van der Waals surface area (Å²) in [5.74, 6) is 0. The first-order valence-corrected chi connectivity index (χ1v) is 6.86. The minimum absolute atomic E-state index is 0.190. The first-order chi connectivity index (χ1) is 8.38. The third-order valence-electron chi connectivity index (χ3n) is 3.63. The van der Waals surface area contributed by atoms with Crippen molar-refractivity contribution >= 4 is 0 Å². The van der Waals surface area contributed by atoms with Gasteiger partial charge in [-0.3, -0.25) is 4.90 Å². The lowest BCUT2D eigenvalue weighted by molar-refractivity contribution is 0.183. The summed E-state index contributed by atoms with van der Waals surface area (Å²) in [7, 11) is 0. The molecular formula is C16H28N2. The van der Waals surface area contributed by atoms with Gasteiger partial charge in [0, 0.05) is 13.1 Å². The fourth-order valence-corrected chi connectivity index (χ4v) is 2.11. The molecule has 1 aromatic carbocycles. The second-order valence-corrected chi connectivity index (χ2v) is 6.09. The molecule has 0 spiro atoms. The molecule has 0 aliphatic heterocycles. The number of aryl methyl sites for hydroxylation is 2. The molecule has 18 heavy (non-hydrogen) atoms. The summed E-state index contributed by atoms with van der Waals surface area (Å²) in [6.07, 6.45) is 0. The highest BCUT2D eigenvalue weighted by Crippen LogP contribution is 2.18. The zero-order chi connectivity index (χ0) is 13.8. The third-order valence-corrected chi connectivity index (χ3v) is 3.63. The van der Waals surface area contributed by atoms with Crippen LogP contribution in [0.25, 0.3) is 0 Å². The van der Waals surface area contributed by atoms with Gasteiger partial charge < -0.3 is 5.73 Å². The first kappa shape index (κ1) is 15.2. The van der Waals surface area contributed by atoms with Crippen LogP contribution in [0.4, 0.5) is 0 Å². The van der Waals surface area contributed by atoms with E-state index in [1.165, 1.54) is 16.7 Å². The summed E-state index contributed by atoms with van der Waals surface area (Å²) >= 11 is 0. The predicted octanol–water partition coefficient (Wildman–Crippen LogP) is 3.11. The molecule has 2 heteroatoms. The normalized spacial score (nSPS) is 12.2. The van der Waals surface area contributed by atoms with Gasteiger partial charge in [0.15, 0.2) is 0 Å². The van der Waals surface area contributed by atoms with Gasteiger partial charge in [0.2, 0.25) is 0 Å².